The quantitative estimate of drug-likeness (QED) is 0.914. The Kier molecular flexibility index (Phi) is 4.47. The molecule has 2 N–H and O–H groups in total. The number of hydrogen-bond acceptors (Lipinski definition) is 3. The number of likely N-dealkylation sites (tertiary alicyclic amines) is 1. The van der Waals surface area contributed by atoms with Crippen molar-refractivity contribution in [2.75, 3.05) is 19.6 Å². The van der Waals surface area contributed by atoms with Gasteiger partial charge in [-0.3, -0.25) is 4.90 Å². The van der Waals surface area contributed by atoms with Crippen LogP contribution < -0.4 is 5.73 Å². The first-order valence-corrected chi connectivity index (χ1v) is 7.55. The number of piperidine rings is 1. The molecule has 2 nitrogen and oxygen atoms in total. The van der Waals surface area contributed by atoms with E-state index in [0.717, 1.165) is 23.3 Å². The monoisotopic (exact) mass is 272 g/mol. The van der Waals surface area contributed by atoms with E-state index in [4.69, 9.17) is 17.3 Å². The highest BCUT2D eigenvalue weighted by Crippen LogP contribution is 2.32. The summed E-state index contributed by atoms with van der Waals surface area (Å²) in [6.45, 7) is 7.68. The van der Waals surface area contributed by atoms with Crippen molar-refractivity contribution in [1.82, 2.24) is 4.90 Å². The van der Waals surface area contributed by atoms with E-state index < -0.39 is 0 Å². The Morgan fingerprint density at radius 3 is 3.00 bits per heavy atom. The summed E-state index contributed by atoms with van der Waals surface area (Å²) in [5, 5.41) is 2.17. The zero-order valence-corrected chi connectivity index (χ0v) is 12.1. The first-order chi connectivity index (χ1) is 8.11. The Morgan fingerprint density at radius 1 is 1.65 bits per heavy atom. The van der Waals surface area contributed by atoms with Crippen molar-refractivity contribution in [3.63, 3.8) is 0 Å². The summed E-state index contributed by atoms with van der Waals surface area (Å²) >= 11 is 7.62. The fourth-order valence-electron chi connectivity index (χ4n) is 2.59. The molecule has 1 aliphatic rings. The van der Waals surface area contributed by atoms with Gasteiger partial charge in [0.05, 0.1) is 4.34 Å². The molecule has 0 saturated carbocycles. The van der Waals surface area contributed by atoms with E-state index in [0.29, 0.717) is 12.0 Å². The van der Waals surface area contributed by atoms with Crippen molar-refractivity contribution in [2.45, 2.75) is 26.3 Å². The number of rotatable bonds is 3. The lowest BCUT2D eigenvalue weighted by atomic mass is 9.86. The molecule has 96 valence electrons. The maximum Gasteiger partial charge on any atom is 0.0931 e. The molecule has 1 aliphatic heterocycles. The minimum Gasteiger partial charge on any atom is -0.330 e. The normalized spacial score (nSPS) is 28.2. The van der Waals surface area contributed by atoms with Gasteiger partial charge in [-0.2, -0.15) is 0 Å². The number of hydrogen-bond donors (Lipinski definition) is 1. The van der Waals surface area contributed by atoms with Crippen LogP contribution in [0.25, 0.3) is 0 Å². The molecule has 0 radical (unpaired) electrons. The van der Waals surface area contributed by atoms with E-state index in [1.807, 2.05) is 0 Å². The molecule has 0 spiro atoms. The highest BCUT2D eigenvalue weighted by Gasteiger charge is 2.28. The van der Waals surface area contributed by atoms with Crippen LogP contribution in [0.15, 0.2) is 11.4 Å². The molecule has 4 heteroatoms. The molecule has 0 aliphatic carbocycles. The first-order valence-electron chi connectivity index (χ1n) is 6.30. The summed E-state index contributed by atoms with van der Waals surface area (Å²) in [4.78, 5) is 2.54. The third-order valence-corrected chi connectivity index (χ3v) is 5.18. The van der Waals surface area contributed by atoms with Crippen LogP contribution >= 0.6 is 22.9 Å². The van der Waals surface area contributed by atoms with Gasteiger partial charge in [-0.05, 0) is 55.3 Å². The van der Waals surface area contributed by atoms with Gasteiger partial charge >= 0.3 is 0 Å². The predicted molar refractivity (Wildman–Crippen MR) is 75.6 cm³/mol. The summed E-state index contributed by atoms with van der Waals surface area (Å²) in [6, 6.07) is 2.55. The third-order valence-electron chi connectivity index (χ3n) is 4.07. The van der Waals surface area contributed by atoms with Crippen molar-refractivity contribution < 1.29 is 0 Å². The van der Waals surface area contributed by atoms with Gasteiger partial charge in [0.25, 0.3) is 0 Å². The lowest BCUT2D eigenvalue weighted by molar-refractivity contribution is 0.0980. The summed E-state index contributed by atoms with van der Waals surface area (Å²) < 4.78 is 0.882. The van der Waals surface area contributed by atoms with E-state index in [1.165, 1.54) is 18.5 Å². The average Bonchev–Trinajstić information content (AvgIpc) is 2.75. The topological polar surface area (TPSA) is 29.3 Å². The number of thiophene rings is 1. The molecule has 1 fully saturated rings. The van der Waals surface area contributed by atoms with Gasteiger partial charge in [-0.25, -0.2) is 0 Å². The van der Waals surface area contributed by atoms with Crippen LogP contribution in [0.1, 0.15) is 31.9 Å². The molecule has 17 heavy (non-hydrogen) atoms. The van der Waals surface area contributed by atoms with Gasteiger partial charge in [-0.15, -0.1) is 11.3 Å². The maximum absolute atomic E-state index is 6.00. The number of nitrogens with zero attached hydrogens (tertiary/aromatic N) is 1. The van der Waals surface area contributed by atoms with E-state index in [9.17, 15) is 0 Å². The van der Waals surface area contributed by atoms with Crippen molar-refractivity contribution in [2.24, 2.45) is 17.6 Å². The predicted octanol–water partition coefficient (Wildman–Crippen LogP) is 3.38. The molecule has 3 atom stereocenters. The van der Waals surface area contributed by atoms with Gasteiger partial charge in [0.15, 0.2) is 0 Å². The van der Waals surface area contributed by atoms with Crippen LogP contribution in [0.2, 0.25) is 4.34 Å². The third kappa shape index (κ3) is 3.02. The van der Waals surface area contributed by atoms with Crippen LogP contribution in [0, 0.1) is 11.8 Å². The van der Waals surface area contributed by atoms with Crippen LogP contribution in [0.4, 0.5) is 0 Å². The fourth-order valence-corrected chi connectivity index (χ4v) is 3.57. The summed E-state index contributed by atoms with van der Waals surface area (Å²) in [5.74, 6) is 1.40. The zero-order chi connectivity index (χ0) is 12.4. The van der Waals surface area contributed by atoms with Crippen molar-refractivity contribution in [3.05, 3.63) is 21.3 Å². The molecule has 2 rings (SSSR count). The van der Waals surface area contributed by atoms with Crippen molar-refractivity contribution in [1.29, 1.82) is 0 Å². The Balaban J connectivity index is 2.03. The minimum absolute atomic E-state index is 0.459. The maximum atomic E-state index is 6.00. The summed E-state index contributed by atoms with van der Waals surface area (Å²) in [6.07, 6.45) is 1.25. The first kappa shape index (κ1) is 13.3. The number of nitrogens with two attached hydrogens (primary N) is 1. The van der Waals surface area contributed by atoms with Crippen LogP contribution in [0.3, 0.4) is 0 Å². The highest BCUT2D eigenvalue weighted by atomic mass is 35.5. The number of halogens is 1. The van der Waals surface area contributed by atoms with Crippen molar-refractivity contribution >= 4 is 22.9 Å². The SMILES string of the molecule is CC1CCN(C(C)c2csc(Cl)c2)CC1CN. The second-order valence-electron chi connectivity index (χ2n) is 5.12. The molecule has 1 saturated heterocycles. The van der Waals surface area contributed by atoms with Crippen LogP contribution in [0.5, 0.6) is 0 Å². The largest absolute Gasteiger partial charge is 0.330 e. The Bertz CT molecular complexity index is 366. The van der Waals surface area contributed by atoms with E-state index in [1.54, 1.807) is 11.3 Å². The van der Waals surface area contributed by atoms with Gasteiger partial charge in [-0.1, -0.05) is 18.5 Å². The van der Waals surface area contributed by atoms with E-state index in [2.05, 4.69) is 30.2 Å². The van der Waals surface area contributed by atoms with Gasteiger partial charge < -0.3 is 5.73 Å². The molecule has 3 unspecified atom stereocenters. The van der Waals surface area contributed by atoms with Crippen LogP contribution in [-0.4, -0.2) is 24.5 Å². The standard InChI is InChI=1S/C13H21ClN2S/c1-9-3-4-16(7-12(9)6-15)10(2)11-5-13(14)17-8-11/h5,8-10,12H,3-4,6-7,15H2,1-2H3. The second-order valence-corrected chi connectivity index (χ2v) is 6.66. The summed E-state index contributed by atoms with van der Waals surface area (Å²) in [7, 11) is 0. The Hall–Kier alpha value is -0.0900. The van der Waals surface area contributed by atoms with Gasteiger partial charge in [0.2, 0.25) is 0 Å². The van der Waals surface area contributed by atoms with Crippen LogP contribution in [-0.2, 0) is 0 Å². The molecular weight excluding hydrogens is 252 g/mol. The average molecular weight is 273 g/mol. The molecule has 2 heterocycles. The Labute approximate surface area is 113 Å². The van der Waals surface area contributed by atoms with Crippen molar-refractivity contribution in [3.8, 4) is 0 Å². The Morgan fingerprint density at radius 2 is 2.41 bits per heavy atom. The zero-order valence-electron chi connectivity index (χ0n) is 10.5. The molecular formula is C13H21ClN2S. The lowest BCUT2D eigenvalue weighted by Crippen LogP contribution is -2.43. The molecule has 0 amide bonds. The fraction of sp³-hybridized carbons (Fsp3) is 0.692. The summed E-state index contributed by atoms with van der Waals surface area (Å²) in [5.41, 5.74) is 7.19. The molecule has 0 bridgehead atoms. The highest BCUT2D eigenvalue weighted by molar-refractivity contribution is 7.14. The smallest absolute Gasteiger partial charge is 0.0931 e. The van der Waals surface area contributed by atoms with E-state index >= 15 is 0 Å². The van der Waals surface area contributed by atoms with Gasteiger partial charge in [0.1, 0.15) is 0 Å². The second kappa shape index (κ2) is 5.70. The molecule has 1 aromatic rings. The van der Waals surface area contributed by atoms with E-state index in [-0.39, 0.29) is 0 Å². The minimum atomic E-state index is 0.459. The van der Waals surface area contributed by atoms with Gasteiger partial charge in [0, 0.05) is 12.6 Å². The lowest BCUT2D eigenvalue weighted by Gasteiger charge is -2.39. The molecule has 0 aromatic carbocycles. The molecule has 1 aromatic heterocycles.